The van der Waals surface area contributed by atoms with E-state index in [-0.39, 0.29) is 5.91 Å². The number of carbonyl (C=O) groups is 1. The highest BCUT2D eigenvalue weighted by atomic mass is 16.2. The van der Waals surface area contributed by atoms with Crippen molar-refractivity contribution in [2.24, 2.45) is 5.92 Å². The minimum absolute atomic E-state index is 0.177. The molecule has 1 saturated heterocycles. The van der Waals surface area contributed by atoms with Gasteiger partial charge in [0.2, 0.25) is 5.91 Å². The summed E-state index contributed by atoms with van der Waals surface area (Å²) >= 11 is 0. The molecule has 0 aromatic carbocycles. The Morgan fingerprint density at radius 1 is 1.47 bits per heavy atom. The van der Waals surface area contributed by atoms with Crippen molar-refractivity contribution < 1.29 is 4.79 Å². The number of hydrogen-bond donors (Lipinski definition) is 2. The Balaban J connectivity index is 1.62. The van der Waals surface area contributed by atoms with Gasteiger partial charge in [-0.1, -0.05) is 0 Å². The standard InChI is InChI=1S/C11H21N3O/c1-14(10-4-5-12-7-10)8-11(15)13-6-9-2-3-9/h9-10,12H,2-8H2,1H3,(H,13,15). The summed E-state index contributed by atoms with van der Waals surface area (Å²) in [5, 5.41) is 6.31. The number of likely N-dealkylation sites (N-methyl/N-ethyl adjacent to an activating group) is 1. The maximum atomic E-state index is 11.6. The van der Waals surface area contributed by atoms with Gasteiger partial charge in [-0.15, -0.1) is 0 Å². The van der Waals surface area contributed by atoms with Gasteiger partial charge in [0.25, 0.3) is 0 Å². The lowest BCUT2D eigenvalue weighted by atomic mass is 10.2. The van der Waals surface area contributed by atoms with Crippen molar-refractivity contribution in [2.45, 2.75) is 25.3 Å². The second kappa shape index (κ2) is 4.94. The number of rotatable bonds is 5. The predicted molar refractivity (Wildman–Crippen MR) is 59.6 cm³/mol. The van der Waals surface area contributed by atoms with Crippen LogP contribution < -0.4 is 10.6 Å². The van der Waals surface area contributed by atoms with Crippen LogP contribution >= 0.6 is 0 Å². The number of nitrogens with one attached hydrogen (secondary N) is 2. The summed E-state index contributed by atoms with van der Waals surface area (Å²) in [4.78, 5) is 13.7. The van der Waals surface area contributed by atoms with E-state index in [0.717, 1.165) is 32.0 Å². The SMILES string of the molecule is CN(CC(=O)NCC1CC1)C1CCNC1. The molecule has 1 amide bonds. The molecule has 1 heterocycles. The molecule has 0 radical (unpaired) electrons. The van der Waals surface area contributed by atoms with E-state index >= 15 is 0 Å². The molecule has 0 bridgehead atoms. The summed E-state index contributed by atoms with van der Waals surface area (Å²) in [7, 11) is 2.04. The van der Waals surface area contributed by atoms with Gasteiger partial charge in [-0.05, 0) is 38.8 Å². The average Bonchev–Trinajstić information content (AvgIpc) is 2.87. The molecule has 15 heavy (non-hydrogen) atoms. The van der Waals surface area contributed by atoms with Crippen LogP contribution in [-0.4, -0.2) is 50.1 Å². The van der Waals surface area contributed by atoms with Crippen LogP contribution in [0.5, 0.6) is 0 Å². The van der Waals surface area contributed by atoms with Crippen LogP contribution in [0.25, 0.3) is 0 Å². The van der Waals surface area contributed by atoms with Gasteiger partial charge < -0.3 is 10.6 Å². The Kier molecular flexibility index (Phi) is 3.59. The zero-order chi connectivity index (χ0) is 10.7. The first-order valence-electron chi connectivity index (χ1n) is 5.93. The molecule has 0 spiro atoms. The molecule has 4 nitrogen and oxygen atoms in total. The zero-order valence-corrected chi connectivity index (χ0v) is 9.46. The lowest BCUT2D eigenvalue weighted by Gasteiger charge is -2.22. The topological polar surface area (TPSA) is 44.4 Å². The Labute approximate surface area is 91.4 Å². The summed E-state index contributed by atoms with van der Waals surface area (Å²) in [5.74, 6) is 0.948. The largest absolute Gasteiger partial charge is 0.355 e. The van der Waals surface area contributed by atoms with Crippen molar-refractivity contribution in [1.82, 2.24) is 15.5 Å². The van der Waals surface area contributed by atoms with Crippen LogP contribution in [0.15, 0.2) is 0 Å². The van der Waals surface area contributed by atoms with Crippen molar-refractivity contribution in [3.05, 3.63) is 0 Å². The van der Waals surface area contributed by atoms with Gasteiger partial charge in [0.1, 0.15) is 0 Å². The van der Waals surface area contributed by atoms with Crippen molar-refractivity contribution in [1.29, 1.82) is 0 Å². The molecule has 1 saturated carbocycles. The van der Waals surface area contributed by atoms with Crippen molar-refractivity contribution in [3.8, 4) is 0 Å². The molecule has 1 atom stereocenters. The third-order valence-corrected chi connectivity index (χ3v) is 3.34. The molecule has 1 unspecified atom stereocenters. The number of hydrogen-bond acceptors (Lipinski definition) is 3. The van der Waals surface area contributed by atoms with Gasteiger partial charge in [0, 0.05) is 19.1 Å². The molecule has 86 valence electrons. The molecular weight excluding hydrogens is 190 g/mol. The third-order valence-electron chi connectivity index (χ3n) is 3.34. The van der Waals surface area contributed by atoms with Gasteiger partial charge >= 0.3 is 0 Å². The normalized spacial score (nSPS) is 25.9. The second-order valence-corrected chi connectivity index (χ2v) is 4.81. The average molecular weight is 211 g/mol. The predicted octanol–water partition coefficient (Wildman–Crippen LogP) is -0.194. The lowest BCUT2D eigenvalue weighted by Crippen LogP contribution is -2.41. The molecule has 4 heteroatoms. The van der Waals surface area contributed by atoms with Gasteiger partial charge in [0.05, 0.1) is 6.54 Å². The Morgan fingerprint density at radius 3 is 2.87 bits per heavy atom. The molecule has 2 rings (SSSR count). The van der Waals surface area contributed by atoms with E-state index in [4.69, 9.17) is 0 Å². The third kappa shape index (κ3) is 3.47. The van der Waals surface area contributed by atoms with Crippen LogP contribution in [0.3, 0.4) is 0 Å². The highest BCUT2D eigenvalue weighted by molar-refractivity contribution is 5.78. The van der Waals surface area contributed by atoms with Crippen molar-refractivity contribution >= 4 is 5.91 Å². The van der Waals surface area contributed by atoms with Crippen LogP contribution in [0.1, 0.15) is 19.3 Å². The fraction of sp³-hybridized carbons (Fsp3) is 0.909. The first kappa shape index (κ1) is 10.9. The maximum absolute atomic E-state index is 11.6. The van der Waals surface area contributed by atoms with Gasteiger partial charge in [-0.25, -0.2) is 0 Å². The van der Waals surface area contributed by atoms with Crippen molar-refractivity contribution in [2.75, 3.05) is 33.2 Å². The Morgan fingerprint density at radius 2 is 2.27 bits per heavy atom. The first-order chi connectivity index (χ1) is 7.25. The van der Waals surface area contributed by atoms with E-state index < -0.39 is 0 Å². The monoisotopic (exact) mass is 211 g/mol. The highest BCUT2D eigenvalue weighted by Crippen LogP contribution is 2.27. The number of amides is 1. The first-order valence-corrected chi connectivity index (χ1v) is 5.93. The summed E-state index contributed by atoms with van der Waals surface area (Å²) in [5.41, 5.74) is 0. The zero-order valence-electron chi connectivity index (χ0n) is 9.46. The smallest absolute Gasteiger partial charge is 0.234 e. The second-order valence-electron chi connectivity index (χ2n) is 4.81. The van der Waals surface area contributed by atoms with Crippen LogP contribution in [0, 0.1) is 5.92 Å². The molecule has 2 aliphatic rings. The van der Waals surface area contributed by atoms with Crippen LogP contribution in [0.2, 0.25) is 0 Å². The van der Waals surface area contributed by atoms with E-state index in [1.54, 1.807) is 0 Å². The van der Waals surface area contributed by atoms with E-state index in [2.05, 4.69) is 15.5 Å². The number of carbonyl (C=O) groups excluding carboxylic acids is 1. The summed E-state index contributed by atoms with van der Waals surface area (Å²) in [6.07, 6.45) is 3.75. The van der Waals surface area contributed by atoms with Crippen LogP contribution in [-0.2, 0) is 4.79 Å². The molecule has 1 aliphatic carbocycles. The minimum Gasteiger partial charge on any atom is -0.355 e. The molecule has 2 N–H and O–H groups in total. The molecule has 2 fully saturated rings. The van der Waals surface area contributed by atoms with Gasteiger partial charge in [-0.3, -0.25) is 9.69 Å². The lowest BCUT2D eigenvalue weighted by molar-refractivity contribution is -0.122. The Hall–Kier alpha value is -0.610. The van der Waals surface area contributed by atoms with Crippen LogP contribution in [0.4, 0.5) is 0 Å². The quantitative estimate of drug-likeness (QED) is 0.662. The molecule has 0 aromatic rings. The highest BCUT2D eigenvalue weighted by Gasteiger charge is 2.23. The number of nitrogens with zero attached hydrogens (tertiary/aromatic N) is 1. The Bertz CT molecular complexity index is 222. The molecular formula is C11H21N3O. The summed E-state index contributed by atoms with van der Waals surface area (Å²) < 4.78 is 0. The van der Waals surface area contributed by atoms with Gasteiger partial charge in [0.15, 0.2) is 0 Å². The van der Waals surface area contributed by atoms with E-state index in [1.807, 2.05) is 7.05 Å². The molecule has 0 aromatic heterocycles. The fourth-order valence-electron chi connectivity index (χ4n) is 2.01. The fourth-order valence-corrected chi connectivity index (χ4v) is 2.01. The summed E-state index contributed by atoms with van der Waals surface area (Å²) in [6, 6.07) is 0.539. The van der Waals surface area contributed by atoms with E-state index in [0.29, 0.717) is 12.6 Å². The van der Waals surface area contributed by atoms with Crippen molar-refractivity contribution in [3.63, 3.8) is 0 Å². The van der Waals surface area contributed by atoms with E-state index in [1.165, 1.54) is 12.8 Å². The van der Waals surface area contributed by atoms with Gasteiger partial charge in [-0.2, -0.15) is 0 Å². The maximum Gasteiger partial charge on any atom is 0.234 e. The summed E-state index contributed by atoms with van der Waals surface area (Å²) in [6.45, 7) is 3.53. The van der Waals surface area contributed by atoms with E-state index in [9.17, 15) is 4.79 Å². The molecule has 1 aliphatic heterocycles. The minimum atomic E-state index is 0.177.